The second-order valence-electron chi connectivity index (χ2n) is 8.16. The van der Waals surface area contributed by atoms with E-state index in [0.717, 1.165) is 55.2 Å². The van der Waals surface area contributed by atoms with E-state index in [0.29, 0.717) is 6.61 Å². The highest BCUT2D eigenvalue weighted by molar-refractivity contribution is 9.10. The van der Waals surface area contributed by atoms with Gasteiger partial charge in [-0.15, -0.1) is 0 Å². The Labute approximate surface area is 201 Å². The maximum Gasteiger partial charge on any atom is 0.221 e. The number of fused-ring (bicyclic) bond motifs is 3. The number of hydrogen-bond donors (Lipinski definition) is 1. The molecule has 1 aliphatic carbocycles. The lowest BCUT2D eigenvalue weighted by atomic mass is 9.93. The van der Waals surface area contributed by atoms with Crippen molar-refractivity contribution in [1.82, 2.24) is 0 Å². The van der Waals surface area contributed by atoms with Crippen LogP contribution in [0.25, 0.3) is 22.3 Å². The first-order valence-electron chi connectivity index (χ1n) is 11.1. The van der Waals surface area contributed by atoms with Crippen LogP contribution in [-0.4, -0.2) is 11.7 Å². The Morgan fingerprint density at radius 1 is 0.774 bits per heavy atom. The Morgan fingerprint density at radius 3 is 2.23 bits per heavy atom. The van der Waals surface area contributed by atoms with E-state index >= 15 is 0 Å². The second kappa shape index (κ2) is 9.99. The zero-order valence-corrected chi connectivity index (χ0v) is 21.0. The number of hydrogen-bond acceptors (Lipinski definition) is 2. The fourth-order valence-electron chi connectivity index (χ4n) is 4.46. The molecule has 0 amide bonds. The first-order chi connectivity index (χ1) is 15.1. The van der Waals surface area contributed by atoms with Crippen LogP contribution < -0.4 is 0 Å². The SMILES string of the molecule is CCCCCCCCOC1(O)c2cc(Br)ccc2-c2cccc(-c3ccccc3Br)c21. The molecule has 0 fully saturated rings. The van der Waals surface area contributed by atoms with Gasteiger partial charge in [0.25, 0.3) is 0 Å². The highest BCUT2D eigenvalue weighted by Gasteiger charge is 2.45. The summed E-state index contributed by atoms with van der Waals surface area (Å²) in [5, 5.41) is 12.0. The van der Waals surface area contributed by atoms with Gasteiger partial charge in [0, 0.05) is 20.1 Å². The maximum atomic E-state index is 12.0. The minimum Gasteiger partial charge on any atom is -0.358 e. The van der Waals surface area contributed by atoms with Gasteiger partial charge < -0.3 is 9.84 Å². The molecule has 31 heavy (non-hydrogen) atoms. The molecule has 0 saturated heterocycles. The molecule has 3 aromatic rings. The Bertz CT molecular complexity index is 1060. The van der Waals surface area contributed by atoms with Crippen molar-refractivity contribution >= 4 is 31.9 Å². The number of halogens is 2. The third-order valence-electron chi connectivity index (χ3n) is 6.01. The van der Waals surface area contributed by atoms with Crippen molar-refractivity contribution in [1.29, 1.82) is 0 Å². The van der Waals surface area contributed by atoms with Crippen LogP contribution in [0.2, 0.25) is 0 Å². The van der Waals surface area contributed by atoms with Crippen LogP contribution in [0.5, 0.6) is 0 Å². The minimum atomic E-state index is -1.47. The molecule has 0 aromatic heterocycles. The summed E-state index contributed by atoms with van der Waals surface area (Å²) in [4.78, 5) is 0. The van der Waals surface area contributed by atoms with Crippen LogP contribution in [0, 0.1) is 0 Å². The fraction of sp³-hybridized carbons (Fsp3) is 0.333. The first kappa shape index (κ1) is 22.7. The first-order valence-corrected chi connectivity index (χ1v) is 12.7. The molecule has 4 heteroatoms. The molecule has 162 valence electrons. The molecule has 1 N–H and O–H groups in total. The summed E-state index contributed by atoms with van der Waals surface area (Å²) in [5.41, 5.74) is 5.73. The molecule has 0 saturated carbocycles. The molecular weight excluding hydrogens is 516 g/mol. The maximum absolute atomic E-state index is 12.0. The summed E-state index contributed by atoms with van der Waals surface area (Å²) < 4.78 is 8.26. The van der Waals surface area contributed by atoms with Gasteiger partial charge in [-0.25, -0.2) is 0 Å². The Kier molecular flexibility index (Phi) is 7.33. The van der Waals surface area contributed by atoms with Crippen LogP contribution in [0.1, 0.15) is 56.6 Å². The van der Waals surface area contributed by atoms with Crippen LogP contribution >= 0.6 is 31.9 Å². The van der Waals surface area contributed by atoms with Gasteiger partial charge in [-0.05, 0) is 46.9 Å². The summed E-state index contributed by atoms with van der Waals surface area (Å²) in [6, 6.07) is 20.4. The van der Waals surface area contributed by atoms with Crippen molar-refractivity contribution in [2.75, 3.05) is 6.61 Å². The summed E-state index contributed by atoms with van der Waals surface area (Å²) in [6.07, 6.45) is 7.09. The molecule has 0 radical (unpaired) electrons. The van der Waals surface area contributed by atoms with Gasteiger partial charge >= 0.3 is 0 Å². The molecule has 1 aliphatic rings. The van der Waals surface area contributed by atoms with Crippen molar-refractivity contribution in [3.8, 4) is 22.3 Å². The number of benzene rings is 3. The number of aliphatic hydroxyl groups is 1. The lowest BCUT2D eigenvalue weighted by molar-refractivity contribution is -0.177. The summed E-state index contributed by atoms with van der Waals surface area (Å²) >= 11 is 7.27. The average molecular weight is 544 g/mol. The van der Waals surface area contributed by atoms with Crippen LogP contribution in [-0.2, 0) is 10.5 Å². The largest absolute Gasteiger partial charge is 0.358 e. The predicted octanol–water partition coefficient (Wildman–Crippen LogP) is 8.43. The zero-order chi connectivity index (χ0) is 21.8. The molecule has 0 bridgehead atoms. The van der Waals surface area contributed by atoms with Crippen LogP contribution in [0.15, 0.2) is 69.6 Å². The standard InChI is InChI=1S/C27H28Br2O2/c1-2-3-4-5-6-9-17-31-27(30)24-18-19(28)15-16-20(24)22-12-10-13-23(26(22)27)21-11-7-8-14-25(21)29/h7-8,10-16,18,30H,2-6,9,17H2,1H3. The van der Waals surface area contributed by atoms with E-state index in [2.05, 4.69) is 69.1 Å². The number of rotatable bonds is 9. The van der Waals surface area contributed by atoms with Crippen LogP contribution in [0.4, 0.5) is 0 Å². The Hall–Kier alpha value is -1.46. The van der Waals surface area contributed by atoms with Gasteiger partial charge in [0.1, 0.15) is 0 Å². The van der Waals surface area contributed by atoms with E-state index in [-0.39, 0.29) is 0 Å². The molecule has 4 rings (SSSR count). The van der Waals surface area contributed by atoms with E-state index in [1.165, 1.54) is 25.7 Å². The Balaban J connectivity index is 1.71. The Morgan fingerprint density at radius 2 is 1.45 bits per heavy atom. The van der Waals surface area contributed by atoms with Gasteiger partial charge in [-0.2, -0.15) is 0 Å². The fourth-order valence-corrected chi connectivity index (χ4v) is 5.32. The molecule has 3 aromatic carbocycles. The quantitative estimate of drug-likeness (QED) is 0.217. The molecule has 0 aliphatic heterocycles. The van der Waals surface area contributed by atoms with Gasteiger partial charge in [-0.3, -0.25) is 0 Å². The molecular formula is C27H28Br2O2. The number of ether oxygens (including phenoxy) is 1. The van der Waals surface area contributed by atoms with Gasteiger partial charge in [-0.1, -0.05) is 113 Å². The molecule has 1 atom stereocenters. The van der Waals surface area contributed by atoms with Crippen molar-refractivity contribution < 1.29 is 9.84 Å². The van der Waals surface area contributed by atoms with Crippen molar-refractivity contribution in [2.45, 2.75) is 51.2 Å². The smallest absolute Gasteiger partial charge is 0.221 e. The molecule has 0 spiro atoms. The van der Waals surface area contributed by atoms with Crippen molar-refractivity contribution in [2.24, 2.45) is 0 Å². The van der Waals surface area contributed by atoms with Crippen molar-refractivity contribution in [3.05, 3.63) is 80.7 Å². The topological polar surface area (TPSA) is 29.5 Å². The zero-order valence-electron chi connectivity index (χ0n) is 17.8. The van der Waals surface area contributed by atoms with Crippen molar-refractivity contribution in [3.63, 3.8) is 0 Å². The summed E-state index contributed by atoms with van der Waals surface area (Å²) in [7, 11) is 0. The normalized spacial score (nSPS) is 16.9. The van der Waals surface area contributed by atoms with E-state index in [1.807, 2.05) is 30.3 Å². The van der Waals surface area contributed by atoms with E-state index in [4.69, 9.17) is 4.74 Å². The van der Waals surface area contributed by atoms with Gasteiger partial charge in [0.2, 0.25) is 5.79 Å². The third-order valence-corrected chi connectivity index (χ3v) is 7.20. The summed E-state index contributed by atoms with van der Waals surface area (Å²) in [6.45, 7) is 2.76. The van der Waals surface area contributed by atoms with E-state index in [9.17, 15) is 5.11 Å². The lowest BCUT2D eigenvalue weighted by Crippen LogP contribution is -2.29. The van der Waals surface area contributed by atoms with E-state index < -0.39 is 5.79 Å². The molecule has 1 unspecified atom stereocenters. The lowest BCUT2D eigenvalue weighted by Gasteiger charge is -2.28. The van der Waals surface area contributed by atoms with E-state index in [1.54, 1.807) is 0 Å². The molecule has 0 heterocycles. The second-order valence-corrected chi connectivity index (χ2v) is 9.93. The van der Waals surface area contributed by atoms with Gasteiger partial charge in [0.15, 0.2) is 0 Å². The third kappa shape index (κ3) is 4.54. The monoisotopic (exact) mass is 542 g/mol. The summed E-state index contributed by atoms with van der Waals surface area (Å²) in [5.74, 6) is -1.47. The molecule has 2 nitrogen and oxygen atoms in total. The van der Waals surface area contributed by atoms with Crippen LogP contribution in [0.3, 0.4) is 0 Å². The highest BCUT2D eigenvalue weighted by atomic mass is 79.9. The average Bonchev–Trinajstić information content (AvgIpc) is 3.02. The predicted molar refractivity (Wildman–Crippen MR) is 135 cm³/mol. The highest BCUT2D eigenvalue weighted by Crippen LogP contribution is 2.53. The van der Waals surface area contributed by atoms with Gasteiger partial charge in [0.05, 0.1) is 6.61 Å². The number of unbranched alkanes of at least 4 members (excludes halogenated alkanes) is 5. The minimum absolute atomic E-state index is 0.526.